The van der Waals surface area contributed by atoms with Crippen molar-refractivity contribution in [3.63, 3.8) is 0 Å². The number of hydrazone groups is 1. The first kappa shape index (κ1) is 24.7. The Morgan fingerprint density at radius 1 is 1.09 bits per heavy atom. The molecule has 5 nitrogen and oxygen atoms in total. The third kappa shape index (κ3) is 6.01. The quantitative estimate of drug-likeness (QED) is 0.196. The predicted octanol–water partition coefficient (Wildman–Crippen LogP) is 6.55. The number of nitrogens with zero attached hydrogens (tertiary/aromatic N) is 2. The number of hydrogen-bond donors (Lipinski definition) is 1. The highest BCUT2D eigenvalue weighted by Gasteiger charge is 2.13. The van der Waals surface area contributed by atoms with Crippen LogP contribution in [0.1, 0.15) is 40.8 Å². The van der Waals surface area contributed by atoms with Gasteiger partial charge in [0.1, 0.15) is 5.75 Å². The summed E-state index contributed by atoms with van der Waals surface area (Å²) in [5, 5.41) is 5.41. The molecule has 0 atom stereocenters. The number of benzene rings is 3. The van der Waals surface area contributed by atoms with Crippen molar-refractivity contribution in [3.05, 3.63) is 99.2 Å². The number of ether oxygens (including phenoxy) is 1. The van der Waals surface area contributed by atoms with Crippen molar-refractivity contribution in [2.24, 2.45) is 5.10 Å². The van der Waals surface area contributed by atoms with Crippen LogP contribution < -0.4 is 10.2 Å². The Balaban J connectivity index is 1.40. The molecule has 1 heterocycles. The van der Waals surface area contributed by atoms with Gasteiger partial charge in [-0.3, -0.25) is 4.79 Å². The Morgan fingerprint density at radius 2 is 1.86 bits per heavy atom. The smallest absolute Gasteiger partial charge is 0.240 e. The van der Waals surface area contributed by atoms with Gasteiger partial charge >= 0.3 is 0 Å². The maximum atomic E-state index is 12.4. The molecule has 6 heteroatoms. The van der Waals surface area contributed by atoms with Crippen LogP contribution >= 0.6 is 15.9 Å². The molecule has 4 aromatic rings. The first-order valence-electron chi connectivity index (χ1n) is 11.7. The summed E-state index contributed by atoms with van der Waals surface area (Å²) < 4.78 is 8.62. The highest BCUT2D eigenvalue weighted by molar-refractivity contribution is 9.10. The first-order valence-corrected chi connectivity index (χ1v) is 12.5. The molecule has 0 bridgehead atoms. The van der Waals surface area contributed by atoms with Crippen molar-refractivity contribution in [3.8, 4) is 5.75 Å². The molecule has 3 aromatic carbocycles. The lowest BCUT2D eigenvalue weighted by molar-refractivity contribution is -0.121. The lowest BCUT2D eigenvalue weighted by Gasteiger charge is -2.09. The van der Waals surface area contributed by atoms with Crippen LogP contribution in [0.4, 0.5) is 0 Å². The molecule has 180 valence electrons. The second-order valence-electron chi connectivity index (χ2n) is 8.67. The minimum Gasteiger partial charge on any atom is -0.497 e. The van der Waals surface area contributed by atoms with Crippen LogP contribution in [0.15, 0.2) is 76.3 Å². The molecule has 4 rings (SSSR count). The van der Waals surface area contributed by atoms with Gasteiger partial charge in [-0.05, 0) is 73.7 Å². The Hall–Kier alpha value is -3.38. The second kappa shape index (κ2) is 11.4. The number of carbonyl (C=O) groups is 1. The van der Waals surface area contributed by atoms with Crippen LogP contribution in [0.5, 0.6) is 5.75 Å². The summed E-state index contributed by atoms with van der Waals surface area (Å²) in [5.41, 5.74) is 9.62. The zero-order chi connectivity index (χ0) is 24.8. The fourth-order valence-electron chi connectivity index (χ4n) is 4.34. The van der Waals surface area contributed by atoms with Crippen molar-refractivity contribution in [1.29, 1.82) is 0 Å². The Labute approximate surface area is 214 Å². The van der Waals surface area contributed by atoms with Crippen molar-refractivity contribution >= 4 is 39.0 Å². The maximum Gasteiger partial charge on any atom is 0.240 e. The van der Waals surface area contributed by atoms with Gasteiger partial charge in [0.25, 0.3) is 0 Å². The van der Waals surface area contributed by atoms with Crippen LogP contribution in [0.3, 0.4) is 0 Å². The van der Waals surface area contributed by atoms with Gasteiger partial charge in [0.15, 0.2) is 0 Å². The fourth-order valence-corrected chi connectivity index (χ4v) is 4.60. The van der Waals surface area contributed by atoms with E-state index in [0.29, 0.717) is 6.42 Å². The Morgan fingerprint density at radius 3 is 2.60 bits per heavy atom. The standard InChI is InChI=1S/C29H30BrN3O2/c1-20-17-25(35-3)16-13-23(20)7-6-10-29(34)32-31-18-27-21(2)33(28-9-5-4-8-26(27)28)19-22-11-14-24(30)15-12-22/h4-5,8-9,11-18H,6-7,10,19H2,1-3H3,(H,32,34)/b31-18-. The zero-order valence-corrected chi connectivity index (χ0v) is 21.9. The average Bonchev–Trinajstić information content (AvgIpc) is 3.12. The summed E-state index contributed by atoms with van der Waals surface area (Å²) in [6.07, 6.45) is 3.80. The Kier molecular flexibility index (Phi) is 8.03. The summed E-state index contributed by atoms with van der Waals surface area (Å²) in [6.45, 7) is 4.93. The van der Waals surface area contributed by atoms with E-state index in [0.717, 1.165) is 51.8 Å². The highest BCUT2D eigenvalue weighted by atomic mass is 79.9. The number of methoxy groups -OCH3 is 1. The van der Waals surface area contributed by atoms with E-state index in [9.17, 15) is 4.79 Å². The van der Waals surface area contributed by atoms with Gasteiger partial charge in [-0.25, -0.2) is 5.43 Å². The molecule has 0 saturated carbocycles. The van der Waals surface area contributed by atoms with Crippen molar-refractivity contribution < 1.29 is 9.53 Å². The fraction of sp³-hybridized carbons (Fsp3) is 0.241. The number of aromatic nitrogens is 1. The van der Waals surface area contributed by atoms with Crippen LogP contribution in [0.2, 0.25) is 0 Å². The minimum absolute atomic E-state index is 0.0799. The SMILES string of the molecule is COc1ccc(CCCC(=O)N/N=C\c2c(C)n(Cc3ccc(Br)cc3)c3ccccc23)c(C)c1. The first-order chi connectivity index (χ1) is 17.0. The summed E-state index contributed by atoms with van der Waals surface area (Å²) in [5.74, 6) is 0.774. The molecule has 0 spiro atoms. The van der Waals surface area contributed by atoms with Crippen molar-refractivity contribution in [1.82, 2.24) is 9.99 Å². The summed E-state index contributed by atoms with van der Waals surface area (Å²) in [6, 6.07) is 22.7. The van der Waals surface area contributed by atoms with Gasteiger partial charge in [0.2, 0.25) is 5.91 Å². The van der Waals surface area contributed by atoms with Crippen molar-refractivity contribution in [2.75, 3.05) is 7.11 Å². The number of amides is 1. The van der Waals surface area contributed by atoms with E-state index in [1.165, 1.54) is 16.7 Å². The summed E-state index contributed by atoms with van der Waals surface area (Å²) >= 11 is 3.50. The molecular weight excluding hydrogens is 502 g/mol. The molecular formula is C29H30BrN3O2. The number of nitrogens with one attached hydrogen (secondary N) is 1. The molecule has 1 aromatic heterocycles. The second-order valence-corrected chi connectivity index (χ2v) is 9.58. The molecule has 0 aliphatic heterocycles. The van der Waals surface area contributed by atoms with Gasteiger partial charge in [-0.1, -0.05) is 52.3 Å². The molecule has 0 saturated heterocycles. The predicted molar refractivity (Wildman–Crippen MR) is 146 cm³/mol. The molecule has 35 heavy (non-hydrogen) atoms. The number of fused-ring (bicyclic) bond motifs is 1. The molecule has 0 aliphatic rings. The van der Waals surface area contributed by atoms with Crippen LogP contribution in [-0.2, 0) is 17.8 Å². The number of aryl methyl sites for hydroxylation is 2. The van der Waals surface area contributed by atoms with E-state index in [1.807, 2.05) is 24.3 Å². The average molecular weight is 532 g/mol. The molecule has 0 unspecified atom stereocenters. The van der Waals surface area contributed by atoms with E-state index in [2.05, 4.69) is 87.3 Å². The van der Waals surface area contributed by atoms with Crippen LogP contribution in [0, 0.1) is 13.8 Å². The Bertz CT molecular complexity index is 1360. The van der Waals surface area contributed by atoms with Crippen molar-refractivity contribution in [2.45, 2.75) is 39.7 Å². The number of para-hydroxylation sites is 1. The molecule has 0 aliphatic carbocycles. The van der Waals surface area contributed by atoms with E-state index in [-0.39, 0.29) is 5.91 Å². The molecule has 1 N–H and O–H groups in total. The van der Waals surface area contributed by atoms with Gasteiger partial charge in [0, 0.05) is 39.6 Å². The molecule has 0 fully saturated rings. The highest BCUT2D eigenvalue weighted by Crippen LogP contribution is 2.26. The largest absolute Gasteiger partial charge is 0.497 e. The number of carbonyl (C=O) groups excluding carboxylic acids is 1. The van der Waals surface area contributed by atoms with Crippen LogP contribution in [0.25, 0.3) is 10.9 Å². The monoisotopic (exact) mass is 531 g/mol. The van der Waals surface area contributed by atoms with Gasteiger partial charge in [0.05, 0.1) is 13.3 Å². The summed E-state index contributed by atoms with van der Waals surface area (Å²) in [7, 11) is 1.67. The lowest BCUT2D eigenvalue weighted by atomic mass is 10.0. The van der Waals surface area contributed by atoms with Gasteiger partial charge in [-0.2, -0.15) is 5.10 Å². The number of hydrogen-bond acceptors (Lipinski definition) is 3. The maximum absolute atomic E-state index is 12.4. The number of halogens is 1. The lowest BCUT2D eigenvalue weighted by Crippen LogP contribution is -2.17. The van der Waals surface area contributed by atoms with Gasteiger partial charge in [-0.15, -0.1) is 0 Å². The normalized spacial score (nSPS) is 11.3. The summed E-state index contributed by atoms with van der Waals surface area (Å²) in [4.78, 5) is 12.4. The third-order valence-corrected chi connectivity index (χ3v) is 6.84. The topological polar surface area (TPSA) is 55.6 Å². The minimum atomic E-state index is -0.0799. The van der Waals surface area contributed by atoms with E-state index in [1.54, 1.807) is 13.3 Å². The van der Waals surface area contributed by atoms with E-state index < -0.39 is 0 Å². The van der Waals surface area contributed by atoms with E-state index >= 15 is 0 Å². The molecule has 0 radical (unpaired) electrons. The zero-order valence-electron chi connectivity index (χ0n) is 20.3. The third-order valence-electron chi connectivity index (χ3n) is 6.32. The van der Waals surface area contributed by atoms with Gasteiger partial charge < -0.3 is 9.30 Å². The molecule has 1 amide bonds. The van der Waals surface area contributed by atoms with Crippen LogP contribution in [-0.4, -0.2) is 23.8 Å². The number of rotatable bonds is 9. The van der Waals surface area contributed by atoms with E-state index in [4.69, 9.17) is 4.74 Å².